The van der Waals surface area contributed by atoms with Crippen LogP contribution in [0.3, 0.4) is 0 Å². The van der Waals surface area contributed by atoms with Crippen LogP contribution in [0.2, 0.25) is 0 Å². The van der Waals surface area contributed by atoms with Crippen molar-refractivity contribution in [3.8, 4) is 22.6 Å². The highest BCUT2D eigenvalue weighted by Crippen LogP contribution is 2.46. The zero-order valence-electron chi connectivity index (χ0n) is 17.4. The zero-order chi connectivity index (χ0) is 21.8. The third kappa shape index (κ3) is 2.83. The first-order valence-corrected chi connectivity index (χ1v) is 10.4. The van der Waals surface area contributed by atoms with Crippen molar-refractivity contribution in [2.24, 2.45) is 0 Å². The van der Waals surface area contributed by atoms with Gasteiger partial charge >= 0.3 is 0 Å². The van der Waals surface area contributed by atoms with Crippen molar-refractivity contribution in [3.05, 3.63) is 89.0 Å². The third-order valence-electron chi connectivity index (χ3n) is 6.30. The number of nitrogens with zero attached hydrogens (tertiary/aromatic N) is 2. The first-order valence-electron chi connectivity index (χ1n) is 10.4. The number of fused-ring (bicyclic) bond motifs is 3. The molecule has 0 saturated carbocycles. The number of halogens is 1. The predicted molar refractivity (Wildman–Crippen MR) is 118 cm³/mol. The average Bonchev–Trinajstić information content (AvgIpc) is 3.40. The molecule has 0 bridgehead atoms. The number of carbonyl (C=O) groups excluding carboxylic acids is 1. The number of benzene rings is 3. The lowest BCUT2D eigenvalue weighted by Crippen LogP contribution is -2.23. The molecule has 6 heteroatoms. The van der Waals surface area contributed by atoms with Crippen molar-refractivity contribution < 1.29 is 18.7 Å². The van der Waals surface area contributed by atoms with Gasteiger partial charge in [0.25, 0.3) is 5.91 Å². The van der Waals surface area contributed by atoms with Crippen LogP contribution in [0, 0.1) is 12.7 Å². The number of hydrogen-bond donors (Lipinski definition) is 0. The van der Waals surface area contributed by atoms with Gasteiger partial charge in [0.1, 0.15) is 5.82 Å². The zero-order valence-corrected chi connectivity index (χ0v) is 17.4. The second kappa shape index (κ2) is 7.05. The number of aromatic nitrogens is 1. The molecule has 32 heavy (non-hydrogen) atoms. The number of pyridine rings is 1. The molecule has 3 heterocycles. The Labute approximate surface area is 184 Å². The summed E-state index contributed by atoms with van der Waals surface area (Å²) in [6.45, 7) is 3.23. The van der Waals surface area contributed by atoms with E-state index in [-0.39, 0.29) is 18.5 Å². The second-order valence-corrected chi connectivity index (χ2v) is 8.13. The van der Waals surface area contributed by atoms with Gasteiger partial charge in [-0.1, -0.05) is 12.1 Å². The lowest BCUT2D eigenvalue weighted by molar-refractivity contribution is 0.0767. The van der Waals surface area contributed by atoms with Gasteiger partial charge in [0.2, 0.25) is 6.79 Å². The Kier molecular flexibility index (Phi) is 4.15. The van der Waals surface area contributed by atoms with Gasteiger partial charge in [0.15, 0.2) is 11.5 Å². The molecule has 3 aromatic carbocycles. The topological polar surface area (TPSA) is 51.7 Å². The Morgan fingerprint density at radius 2 is 1.66 bits per heavy atom. The van der Waals surface area contributed by atoms with E-state index in [1.165, 1.54) is 12.1 Å². The van der Waals surface area contributed by atoms with Gasteiger partial charge < -0.3 is 14.4 Å². The third-order valence-corrected chi connectivity index (χ3v) is 6.30. The van der Waals surface area contributed by atoms with Gasteiger partial charge in [0.05, 0.1) is 5.56 Å². The van der Waals surface area contributed by atoms with Crippen LogP contribution in [-0.2, 0) is 13.1 Å². The fraction of sp³-hybridized carbons (Fsp3) is 0.154. The number of hydrogen-bond acceptors (Lipinski definition) is 4. The molecule has 2 aliphatic rings. The summed E-state index contributed by atoms with van der Waals surface area (Å²) < 4.78 is 24.9. The summed E-state index contributed by atoms with van der Waals surface area (Å²) in [4.78, 5) is 19.6. The van der Waals surface area contributed by atoms with E-state index in [0.717, 1.165) is 38.6 Å². The minimum absolute atomic E-state index is 0.0289. The number of carbonyl (C=O) groups is 1. The number of amides is 1. The molecule has 1 aromatic heterocycles. The maximum atomic E-state index is 13.7. The number of ether oxygens (including phenoxy) is 2. The molecule has 158 valence electrons. The van der Waals surface area contributed by atoms with E-state index in [1.54, 1.807) is 24.5 Å². The van der Waals surface area contributed by atoms with E-state index in [4.69, 9.17) is 9.47 Å². The fourth-order valence-corrected chi connectivity index (χ4v) is 4.70. The molecular formula is C26H19FN2O3. The highest BCUT2D eigenvalue weighted by Gasteiger charge is 2.34. The largest absolute Gasteiger partial charge is 0.454 e. The summed E-state index contributed by atoms with van der Waals surface area (Å²) in [6, 6.07) is 14.0. The first kappa shape index (κ1) is 18.8. The maximum absolute atomic E-state index is 13.7. The molecule has 0 saturated heterocycles. The van der Waals surface area contributed by atoms with Crippen LogP contribution in [0.15, 0.2) is 60.9 Å². The van der Waals surface area contributed by atoms with Crippen LogP contribution in [-0.4, -0.2) is 22.6 Å². The van der Waals surface area contributed by atoms with E-state index < -0.39 is 0 Å². The standard InChI is InChI=1S/C26H19FN2O3/c1-15-19-10-22-23(32-14-31-22)11-20(19)24(17-2-4-18(27)5-3-17)25-21(15)13-29(26(25)30)12-16-6-8-28-9-7-16/h2-11H,12-14H2,1H3. The quantitative estimate of drug-likeness (QED) is 0.450. The van der Waals surface area contributed by atoms with Crippen molar-refractivity contribution in [1.82, 2.24) is 9.88 Å². The van der Waals surface area contributed by atoms with E-state index in [2.05, 4.69) is 4.98 Å². The lowest BCUT2D eigenvalue weighted by atomic mass is 9.87. The van der Waals surface area contributed by atoms with Crippen molar-refractivity contribution in [3.63, 3.8) is 0 Å². The van der Waals surface area contributed by atoms with Gasteiger partial charge in [-0.25, -0.2) is 4.39 Å². The highest BCUT2D eigenvalue weighted by molar-refractivity contribution is 6.14. The molecule has 0 spiro atoms. The van der Waals surface area contributed by atoms with E-state index in [0.29, 0.717) is 30.2 Å². The number of aryl methyl sites for hydroxylation is 1. The second-order valence-electron chi connectivity index (χ2n) is 8.13. The lowest BCUT2D eigenvalue weighted by Gasteiger charge is -2.16. The van der Waals surface area contributed by atoms with Gasteiger partial charge in [-0.05, 0) is 76.3 Å². The number of rotatable bonds is 3. The van der Waals surface area contributed by atoms with Gasteiger partial charge in [0, 0.05) is 31.0 Å². The van der Waals surface area contributed by atoms with Crippen LogP contribution in [0.4, 0.5) is 4.39 Å². The summed E-state index contributed by atoms with van der Waals surface area (Å²) in [6.07, 6.45) is 3.46. The Balaban J connectivity index is 1.59. The van der Waals surface area contributed by atoms with Crippen LogP contribution < -0.4 is 9.47 Å². The Morgan fingerprint density at radius 1 is 0.969 bits per heavy atom. The molecule has 6 rings (SSSR count). The molecule has 0 radical (unpaired) electrons. The Morgan fingerprint density at radius 3 is 2.38 bits per heavy atom. The molecular weight excluding hydrogens is 407 g/mol. The Bertz CT molecular complexity index is 1380. The summed E-state index contributed by atoms with van der Waals surface area (Å²) in [5.41, 5.74) is 5.34. The molecule has 1 amide bonds. The van der Waals surface area contributed by atoms with Crippen LogP contribution in [0.5, 0.6) is 11.5 Å². The monoisotopic (exact) mass is 426 g/mol. The summed E-state index contributed by atoms with van der Waals surface area (Å²) in [5, 5.41) is 1.90. The maximum Gasteiger partial charge on any atom is 0.255 e. The predicted octanol–water partition coefficient (Wildman–Crippen LogP) is 5.23. The fourth-order valence-electron chi connectivity index (χ4n) is 4.70. The molecule has 0 N–H and O–H groups in total. The minimum atomic E-state index is -0.315. The van der Waals surface area contributed by atoms with E-state index in [9.17, 15) is 9.18 Å². The average molecular weight is 426 g/mol. The van der Waals surface area contributed by atoms with Crippen molar-refractivity contribution in [2.45, 2.75) is 20.0 Å². The molecule has 0 unspecified atom stereocenters. The molecule has 5 nitrogen and oxygen atoms in total. The van der Waals surface area contributed by atoms with Crippen LogP contribution in [0.1, 0.15) is 27.0 Å². The normalized spacial score (nSPS) is 14.3. The minimum Gasteiger partial charge on any atom is -0.454 e. The van der Waals surface area contributed by atoms with Crippen molar-refractivity contribution in [1.29, 1.82) is 0 Å². The van der Waals surface area contributed by atoms with E-state index in [1.807, 2.05) is 36.1 Å². The van der Waals surface area contributed by atoms with E-state index >= 15 is 0 Å². The molecule has 0 fully saturated rings. The van der Waals surface area contributed by atoms with Gasteiger partial charge in [-0.15, -0.1) is 0 Å². The smallest absolute Gasteiger partial charge is 0.255 e. The van der Waals surface area contributed by atoms with Crippen LogP contribution >= 0.6 is 0 Å². The molecule has 0 aliphatic carbocycles. The van der Waals surface area contributed by atoms with Crippen molar-refractivity contribution >= 4 is 16.7 Å². The Hall–Kier alpha value is -3.93. The first-order chi connectivity index (χ1) is 15.6. The summed E-state index contributed by atoms with van der Waals surface area (Å²) in [5.74, 6) is 1.01. The van der Waals surface area contributed by atoms with Crippen LogP contribution in [0.25, 0.3) is 21.9 Å². The highest BCUT2D eigenvalue weighted by atomic mass is 19.1. The van der Waals surface area contributed by atoms with Gasteiger partial charge in [-0.2, -0.15) is 0 Å². The van der Waals surface area contributed by atoms with Gasteiger partial charge in [-0.3, -0.25) is 9.78 Å². The summed E-state index contributed by atoms with van der Waals surface area (Å²) in [7, 11) is 0. The SMILES string of the molecule is Cc1c2c(c(-c3ccc(F)cc3)c3cc4c(cc13)OCO4)C(=O)N(Cc1ccncc1)C2. The molecule has 2 aliphatic heterocycles. The summed E-state index contributed by atoms with van der Waals surface area (Å²) >= 11 is 0. The molecule has 0 atom stereocenters. The van der Waals surface area contributed by atoms with Crippen molar-refractivity contribution in [2.75, 3.05) is 6.79 Å². The molecule has 4 aromatic rings.